The third kappa shape index (κ3) is 5.01. The zero-order chi connectivity index (χ0) is 16.8. The maximum absolute atomic E-state index is 12.8. The fourth-order valence-electron chi connectivity index (χ4n) is 2.43. The van der Waals surface area contributed by atoms with Crippen LogP contribution in [0.5, 0.6) is 5.75 Å². The van der Waals surface area contributed by atoms with E-state index in [1.165, 1.54) is 23.5 Å². The molecule has 0 radical (unpaired) electrons. The van der Waals surface area contributed by atoms with Crippen LogP contribution >= 0.6 is 11.3 Å². The first kappa shape index (κ1) is 16.9. The average molecular weight is 350 g/mol. The molecular formula is C17H19FN2O3S. The highest BCUT2D eigenvalue weighted by Crippen LogP contribution is 2.16. The van der Waals surface area contributed by atoms with Gasteiger partial charge in [0.2, 0.25) is 5.91 Å². The Hall–Kier alpha value is -1.99. The Labute approximate surface area is 143 Å². The normalized spacial score (nSPS) is 17.0. The van der Waals surface area contributed by atoms with Gasteiger partial charge in [-0.3, -0.25) is 4.79 Å². The van der Waals surface area contributed by atoms with Crippen molar-refractivity contribution in [3.63, 3.8) is 0 Å². The van der Waals surface area contributed by atoms with E-state index in [9.17, 15) is 9.18 Å². The lowest BCUT2D eigenvalue weighted by molar-refractivity contribution is -0.121. The lowest BCUT2D eigenvalue weighted by Gasteiger charge is -2.10. The summed E-state index contributed by atoms with van der Waals surface area (Å²) in [5, 5.41) is 5.51. The van der Waals surface area contributed by atoms with Crippen molar-refractivity contribution in [2.45, 2.75) is 32.0 Å². The minimum absolute atomic E-state index is 0.0539. The van der Waals surface area contributed by atoms with Crippen molar-refractivity contribution in [1.82, 2.24) is 10.3 Å². The molecular weight excluding hydrogens is 331 g/mol. The number of hydrogen-bond acceptors (Lipinski definition) is 5. The van der Waals surface area contributed by atoms with E-state index < -0.39 is 0 Å². The molecule has 3 rings (SSSR count). The average Bonchev–Trinajstić information content (AvgIpc) is 3.24. The van der Waals surface area contributed by atoms with Gasteiger partial charge < -0.3 is 14.8 Å². The van der Waals surface area contributed by atoms with Crippen LogP contribution in [0.2, 0.25) is 0 Å². The van der Waals surface area contributed by atoms with Crippen molar-refractivity contribution in [2.75, 3.05) is 13.2 Å². The summed E-state index contributed by atoms with van der Waals surface area (Å²) in [5.41, 5.74) is 0.725. The summed E-state index contributed by atoms with van der Waals surface area (Å²) in [6.07, 6.45) is 2.45. The van der Waals surface area contributed by atoms with E-state index in [0.717, 1.165) is 30.2 Å². The third-order valence-corrected chi connectivity index (χ3v) is 4.54. The molecule has 1 atom stereocenters. The second kappa shape index (κ2) is 8.21. The number of hydrogen-bond donors (Lipinski definition) is 1. The van der Waals surface area contributed by atoms with Crippen LogP contribution in [0.25, 0.3) is 0 Å². The molecule has 1 aliphatic rings. The first-order chi connectivity index (χ1) is 11.7. The molecule has 1 fully saturated rings. The molecule has 0 spiro atoms. The topological polar surface area (TPSA) is 60.5 Å². The Morgan fingerprint density at radius 3 is 3.00 bits per heavy atom. The second-order valence-electron chi connectivity index (χ2n) is 5.59. The molecule has 0 aliphatic carbocycles. The number of nitrogens with one attached hydrogen (secondary N) is 1. The minimum atomic E-state index is -0.298. The summed E-state index contributed by atoms with van der Waals surface area (Å²) in [4.78, 5) is 16.3. The summed E-state index contributed by atoms with van der Waals surface area (Å²) in [7, 11) is 0. The van der Waals surface area contributed by atoms with Crippen molar-refractivity contribution >= 4 is 17.2 Å². The molecule has 0 bridgehead atoms. The Bertz CT molecular complexity index is 669. The summed E-state index contributed by atoms with van der Waals surface area (Å²) in [5.74, 6) is 0.233. The predicted octanol–water partition coefficient (Wildman–Crippen LogP) is 2.70. The van der Waals surface area contributed by atoms with Crippen LogP contribution in [-0.2, 0) is 22.6 Å². The number of halogens is 1. The third-order valence-electron chi connectivity index (χ3n) is 3.67. The van der Waals surface area contributed by atoms with E-state index in [4.69, 9.17) is 9.47 Å². The van der Waals surface area contributed by atoms with Gasteiger partial charge in [0.05, 0.1) is 18.2 Å². The Balaban J connectivity index is 1.42. The lowest BCUT2D eigenvalue weighted by atomic mass is 10.2. The van der Waals surface area contributed by atoms with Crippen LogP contribution in [0.1, 0.15) is 23.5 Å². The summed E-state index contributed by atoms with van der Waals surface area (Å²) < 4.78 is 23.8. The van der Waals surface area contributed by atoms with Gasteiger partial charge in [-0.15, -0.1) is 11.3 Å². The Morgan fingerprint density at radius 2 is 2.25 bits per heavy atom. The van der Waals surface area contributed by atoms with Crippen molar-refractivity contribution in [3.8, 4) is 5.75 Å². The number of rotatable bonds is 7. The number of aromatic nitrogens is 1. The van der Waals surface area contributed by atoms with Crippen LogP contribution in [0.15, 0.2) is 29.6 Å². The quantitative estimate of drug-likeness (QED) is 0.834. The van der Waals surface area contributed by atoms with Gasteiger partial charge in [0, 0.05) is 18.5 Å². The van der Waals surface area contributed by atoms with Crippen LogP contribution < -0.4 is 10.1 Å². The number of thiazole rings is 1. The number of amides is 1. The predicted molar refractivity (Wildman–Crippen MR) is 88.5 cm³/mol. The van der Waals surface area contributed by atoms with E-state index >= 15 is 0 Å². The maximum atomic E-state index is 12.8. The van der Waals surface area contributed by atoms with Crippen LogP contribution in [0.4, 0.5) is 4.39 Å². The van der Waals surface area contributed by atoms with Gasteiger partial charge >= 0.3 is 0 Å². The van der Waals surface area contributed by atoms with E-state index in [2.05, 4.69) is 10.3 Å². The molecule has 1 N–H and O–H groups in total. The molecule has 128 valence electrons. The van der Waals surface area contributed by atoms with Gasteiger partial charge in [0.15, 0.2) is 0 Å². The zero-order valence-electron chi connectivity index (χ0n) is 13.2. The van der Waals surface area contributed by atoms with Crippen LogP contribution in [-0.4, -0.2) is 30.1 Å². The fraction of sp³-hybridized carbons (Fsp3) is 0.412. The van der Waals surface area contributed by atoms with Gasteiger partial charge in [0.25, 0.3) is 0 Å². The monoisotopic (exact) mass is 350 g/mol. The Morgan fingerprint density at radius 1 is 1.42 bits per heavy atom. The smallest absolute Gasteiger partial charge is 0.226 e. The van der Waals surface area contributed by atoms with Crippen molar-refractivity contribution in [3.05, 3.63) is 46.2 Å². The molecule has 1 amide bonds. The molecule has 5 nitrogen and oxygen atoms in total. The SMILES string of the molecule is O=C(Cc1csc(COc2ccc(F)cc2)n1)NC[C@H]1CCCO1. The van der Waals surface area contributed by atoms with Crippen molar-refractivity contribution < 1.29 is 18.7 Å². The fourth-order valence-corrected chi connectivity index (χ4v) is 3.14. The number of nitrogens with zero attached hydrogens (tertiary/aromatic N) is 1. The number of carbonyl (C=O) groups excluding carboxylic acids is 1. The van der Waals surface area contributed by atoms with E-state index in [1.54, 1.807) is 12.1 Å². The molecule has 2 aromatic rings. The lowest BCUT2D eigenvalue weighted by Crippen LogP contribution is -2.32. The summed E-state index contributed by atoms with van der Waals surface area (Å²) in [6, 6.07) is 5.84. The van der Waals surface area contributed by atoms with Crippen molar-refractivity contribution in [2.24, 2.45) is 0 Å². The number of ether oxygens (including phenoxy) is 2. The van der Waals surface area contributed by atoms with E-state index in [1.807, 2.05) is 5.38 Å². The molecule has 1 aromatic heterocycles. The highest BCUT2D eigenvalue weighted by Gasteiger charge is 2.16. The minimum Gasteiger partial charge on any atom is -0.486 e. The van der Waals surface area contributed by atoms with E-state index in [-0.39, 0.29) is 24.2 Å². The second-order valence-corrected chi connectivity index (χ2v) is 6.53. The Kier molecular flexibility index (Phi) is 5.77. The van der Waals surface area contributed by atoms with Crippen LogP contribution in [0.3, 0.4) is 0 Å². The highest BCUT2D eigenvalue weighted by molar-refractivity contribution is 7.09. The molecule has 0 unspecified atom stereocenters. The van der Waals surface area contributed by atoms with Gasteiger partial charge in [0.1, 0.15) is 23.2 Å². The van der Waals surface area contributed by atoms with Gasteiger partial charge in [-0.25, -0.2) is 9.37 Å². The molecule has 24 heavy (non-hydrogen) atoms. The molecule has 2 heterocycles. The summed E-state index contributed by atoms with van der Waals surface area (Å²) >= 11 is 1.44. The summed E-state index contributed by atoms with van der Waals surface area (Å²) in [6.45, 7) is 1.64. The molecule has 1 saturated heterocycles. The largest absolute Gasteiger partial charge is 0.486 e. The van der Waals surface area contributed by atoms with Gasteiger partial charge in [-0.2, -0.15) is 0 Å². The zero-order valence-corrected chi connectivity index (χ0v) is 14.0. The van der Waals surface area contributed by atoms with Crippen LogP contribution in [0, 0.1) is 5.82 Å². The van der Waals surface area contributed by atoms with Gasteiger partial charge in [-0.05, 0) is 37.1 Å². The first-order valence-corrected chi connectivity index (χ1v) is 8.77. The maximum Gasteiger partial charge on any atom is 0.226 e. The number of carbonyl (C=O) groups is 1. The first-order valence-electron chi connectivity index (χ1n) is 7.89. The van der Waals surface area contributed by atoms with Gasteiger partial charge in [-0.1, -0.05) is 0 Å². The highest BCUT2D eigenvalue weighted by atomic mass is 32.1. The molecule has 0 saturated carbocycles. The standard InChI is InChI=1S/C17H19FN2O3S/c18-12-3-5-14(6-4-12)23-10-17-20-13(11-24-17)8-16(21)19-9-15-2-1-7-22-15/h3-6,11,15H,1-2,7-10H2,(H,19,21)/t15-/m1/s1. The molecule has 1 aromatic carbocycles. The van der Waals surface area contributed by atoms with Crippen molar-refractivity contribution in [1.29, 1.82) is 0 Å². The van der Waals surface area contributed by atoms with E-state index in [0.29, 0.717) is 18.9 Å². The molecule has 1 aliphatic heterocycles. The number of benzene rings is 1. The molecule has 7 heteroatoms.